The second-order valence-corrected chi connectivity index (χ2v) is 4.96. The van der Waals surface area contributed by atoms with Crippen molar-refractivity contribution in [2.75, 3.05) is 6.54 Å². The van der Waals surface area contributed by atoms with E-state index in [4.69, 9.17) is 4.52 Å². The molecule has 2 heterocycles. The molecule has 0 spiro atoms. The summed E-state index contributed by atoms with van der Waals surface area (Å²) in [7, 11) is 0. The van der Waals surface area contributed by atoms with Gasteiger partial charge in [-0.15, -0.1) is 0 Å². The summed E-state index contributed by atoms with van der Waals surface area (Å²) in [4.78, 5) is 13.6. The van der Waals surface area contributed by atoms with Gasteiger partial charge in [-0.1, -0.05) is 11.6 Å². The molecular weight excluding hydrogens is 216 g/mol. The molecule has 2 rings (SSSR count). The molecule has 17 heavy (non-hydrogen) atoms. The molecule has 0 bridgehead atoms. The average Bonchev–Trinajstić information content (AvgIpc) is 2.66. The lowest BCUT2D eigenvalue weighted by Crippen LogP contribution is -2.39. The molecule has 1 aromatic rings. The summed E-state index contributed by atoms with van der Waals surface area (Å²) >= 11 is 0. The summed E-state index contributed by atoms with van der Waals surface area (Å²) in [6.07, 6.45) is 4.21. The number of hydrogen-bond donors (Lipinski definition) is 0. The minimum Gasteiger partial charge on any atom is -0.360 e. The van der Waals surface area contributed by atoms with Crippen LogP contribution in [0.2, 0.25) is 0 Å². The van der Waals surface area contributed by atoms with Gasteiger partial charge >= 0.3 is 0 Å². The number of carbonyl (C=O) groups is 1. The molecule has 1 aromatic heterocycles. The van der Waals surface area contributed by atoms with E-state index in [2.05, 4.69) is 10.1 Å². The molecule has 0 saturated carbocycles. The molecule has 1 atom stereocenters. The van der Waals surface area contributed by atoms with Crippen LogP contribution < -0.4 is 0 Å². The molecule has 94 valence electrons. The topological polar surface area (TPSA) is 46.3 Å². The Kier molecular flexibility index (Phi) is 3.94. The standard InChI is InChI=1S/C13H20N2O2/c1-10-7-13(17-14-10)9-15-6-4-3-5-12(15)8-11(2)16/h7,12H,3-6,8-9H2,1-2H3. The first kappa shape index (κ1) is 12.3. The van der Waals surface area contributed by atoms with E-state index < -0.39 is 0 Å². The van der Waals surface area contributed by atoms with E-state index in [0.29, 0.717) is 12.5 Å². The highest BCUT2D eigenvalue weighted by molar-refractivity contribution is 5.76. The molecule has 0 radical (unpaired) electrons. The lowest BCUT2D eigenvalue weighted by Gasteiger charge is -2.34. The number of Topliss-reactive ketones (excluding diaryl/α,β-unsaturated/α-hetero) is 1. The van der Waals surface area contributed by atoms with Crippen molar-refractivity contribution in [1.82, 2.24) is 10.1 Å². The lowest BCUT2D eigenvalue weighted by molar-refractivity contribution is -0.118. The monoisotopic (exact) mass is 236 g/mol. The molecule has 1 fully saturated rings. The highest BCUT2D eigenvalue weighted by Gasteiger charge is 2.24. The molecule has 1 saturated heterocycles. The van der Waals surface area contributed by atoms with Crippen molar-refractivity contribution >= 4 is 5.78 Å². The predicted molar refractivity (Wildman–Crippen MR) is 64.6 cm³/mol. The van der Waals surface area contributed by atoms with E-state index >= 15 is 0 Å². The Labute approximate surface area is 102 Å². The molecular formula is C13H20N2O2. The van der Waals surface area contributed by atoms with Gasteiger partial charge in [-0.25, -0.2) is 0 Å². The van der Waals surface area contributed by atoms with E-state index in [0.717, 1.165) is 31.0 Å². The van der Waals surface area contributed by atoms with Gasteiger partial charge in [-0.05, 0) is 33.2 Å². The van der Waals surface area contributed by atoms with E-state index in [1.54, 1.807) is 6.92 Å². The fraction of sp³-hybridized carbons (Fsp3) is 0.692. The predicted octanol–water partition coefficient (Wildman–Crippen LogP) is 2.32. The molecule has 0 amide bonds. The van der Waals surface area contributed by atoms with Crippen molar-refractivity contribution in [3.05, 3.63) is 17.5 Å². The zero-order valence-electron chi connectivity index (χ0n) is 10.6. The number of piperidine rings is 1. The number of hydrogen-bond acceptors (Lipinski definition) is 4. The summed E-state index contributed by atoms with van der Waals surface area (Å²) in [6, 6.07) is 2.35. The summed E-state index contributed by atoms with van der Waals surface area (Å²) in [5, 5.41) is 3.90. The number of aryl methyl sites for hydroxylation is 1. The summed E-state index contributed by atoms with van der Waals surface area (Å²) < 4.78 is 5.24. The van der Waals surface area contributed by atoms with Gasteiger partial charge in [-0.2, -0.15) is 0 Å². The highest BCUT2D eigenvalue weighted by atomic mass is 16.5. The number of ketones is 1. The normalized spacial score (nSPS) is 21.6. The van der Waals surface area contributed by atoms with Gasteiger partial charge in [0.1, 0.15) is 5.78 Å². The largest absolute Gasteiger partial charge is 0.360 e. The van der Waals surface area contributed by atoms with Crippen LogP contribution in [0.15, 0.2) is 10.6 Å². The fourth-order valence-electron chi connectivity index (χ4n) is 2.52. The van der Waals surface area contributed by atoms with Crippen LogP contribution in [0.25, 0.3) is 0 Å². The van der Waals surface area contributed by atoms with Gasteiger partial charge in [0, 0.05) is 18.5 Å². The van der Waals surface area contributed by atoms with Crippen molar-refractivity contribution in [3.63, 3.8) is 0 Å². The molecule has 0 aromatic carbocycles. The van der Waals surface area contributed by atoms with Crippen LogP contribution in [0.1, 0.15) is 44.1 Å². The Balaban J connectivity index is 1.98. The van der Waals surface area contributed by atoms with E-state index in [-0.39, 0.29) is 5.78 Å². The Morgan fingerprint density at radius 3 is 3.06 bits per heavy atom. The van der Waals surface area contributed by atoms with Gasteiger partial charge in [0.25, 0.3) is 0 Å². The first-order chi connectivity index (χ1) is 8.15. The van der Waals surface area contributed by atoms with Crippen molar-refractivity contribution in [2.45, 2.75) is 52.1 Å². The van der Waals surface area contributed by atoms with Crippen LogP contribution in [-0.4, -0.2) is 28.4 Å². The first-order valence-corrected chi connectivity index (χ1v) is 6.31. The minimum absolute atomic E-state index is 0.274. The Hall–Kier alpha value is -1.16. The zero-order valence-corrected chi connectivity index (χ0v) is 10.6. The van der Waals surface area contributed by atoms with E-state index in [1.165, 1.54) is 12.8 Å². The van der Waals surface area contributed by atoms with Crippen LogP contribution in [0.5, 0.6) is 0 Å². The Bertz CT molecular complexity index is 387. The van der Waals surface area contributed by atoms with Crippen LogP contribution in [-0.2, 0) is 11.3 Å². The SMILES string of the molecule is CC(=O)CC1CCCCN1Cc1cc(C)no1. The first-order valence-electron chi connectivity index (χ1n) is 6.31. The molecule has 4 nitrogen and oxygen atoms in total. The van der Waals surface area contributed by atoms with E-state index in [1.807, 2.05) is 13.0 Å². The summed E-state index contributed by atoms with van der Waals surface area (Å²) in [5.74, 6) is 1.17. The molecule has 4 heteroatoms. The molecule has 0 N–H and O–H groups in total. The van der Waals surface area contributed by atoms with Crippen molar-refractivity contribution in [1.29, 1.82) is 0 Å². The minimum atomic E-state index is 0.274. The molecule has 1 aliphatic rings. The maximum atomic E-state index is 11.3. The third-order valence-corrected chi connectivity index (χ3v) is 3.31. The van der Waals surface area contributed by atoms with Crippen LogP contribution in [0, 0.1) is 6.92 Å². The number of carbonyl (C=O) groups excluding carboxylic acids is 1. The quantitative estimate of drug-likeness (QED) is 0.805. The number of rotatable bonds is 4. The zero-order chi connectivity index (χ0) is 12.3. The summed E-state index contributed by atoms with van der Waals surface area (Å²) in [6.45, 7) is 5.43. The highest BCUT2D eigenvalue weighted by Crippen LogP contribution is 2.22. The number of aromatic nitrogens is 1. The maximum absolute atomic E-state index is 11.3. The van der Waals surface area contributed by atoms with Crippen molar-refractivity contribution in [2.24, 2.45) is 0 Å². The second-order valence-electron chi connectivity index (χ2n) is 4.96. The second kappa shape index (κ2) is 5.45. The smallest absolute Gasteiger partial charge is 0.150 e. The molecule has 0 aliphatic carbocycles. The van der Waals surface area contributed by atoms with Gasteiger partial charge < -0.3 is 4.52 Å². The fourth-order valence-corrected chi connectivity index (χ4v) is 2.52. The molecule has 1 aliphatic heterocycles. The van der Waals surface area contributed by atoms with E-state index in [9.17, 15) is 4.79 Å². The Morgan fingerprint density at radius 1 is 1.59 bits per heavy atom. The third kappa shape index (κ3) is 3.40. The number of nitrogens with zero attached hydrogens (tertiary/aromatic N) is 2. The lowest BCUT2D eigenvalue weighted by atomic mass is 9.97. The van der Waals surface area contributed by atoms with Gasteiger partial charge in [0.15, 0.2) is 5.76 Å². The maximum Gasteiger partial charge on any atom is 0.150 e. The number of likely N-dealkylation sites (tertiary alicyclic amines) is 1. The van der Waals surface area contributed by atoms with Gasteiger partial charge in [0.05, 0.1) is 12.2 Å². The average molecular weight is 236 g/mol. The van der Waals surface area contributed by atoms with Crippen LogP contribution in [0.3, 0.4) is 0 Å². The third-order valence-electron chi connectivity index (χ3n) is 3.31. The summed E-state index contributed by atoms with van der Waals surface area (Å²) in [5.41, 5.74) is 0.917. The van der Waals surface area contributed by atoms with Gasteiger partial charge in [0.2, 0.25) is 0 Å². The van der Waals surface area contributed by atoms with Crippen molar-refractivity contribution < 1.29 is 9.32 Å². The van der Waals surface area contributed by atoms with Crippen LogP contribution >= 0.6 is 0 Å². The van der Waals surface area contributed by atoms with Gasteiger partial charge in [-0.3, -0.25) is 9.69 Å². The van der Waals surface area contributed by atoms with Crippen molar-refractivity contribution in [3.8, 4) is 0 Å². The molecule has 1 unspecified atom stereocenters. The van der Waals surface area contributed by atoms with Crippen LogP contribution in [0.4, 0.5) is 0 Å². The Morgan fingerprint density at radius 2 is 2.41 bits per heavy atom.